The highest BCUT2D eigenvalue weighted by molar-refractivity contribution is 5.95. The Morgan fingerprint density at radius 2 is 1.96 bits per heavy atom. The minimum atomic E-state index is -0.0291. The Balaban J connectivity index is 2.00. The molecule has 1 aromatic carbocycles. The molecular formula is C19H29NO3. The highest BCUT2D eigenvalue weighted by Gasteiger charge is 2.23. The Bertz CT molecular complexity index is 516. The van der Waals surface area contributed by atoms with Gasteiger partial charge in [0, 0.05) is 24.8 Å². The van der Waals surface area contributed by atoms with E-state index in [2.05, 4.69) is 26.1 Å². The maximum absolute atomic E-state index is 12.6. The third-order valence-corrected chi connectivity index (χ3v) is 4.55. The van der Waals surface area contributed by atoms with Crippen LogP contribution in [0.3, 0.4) is 0 Å². The van der Waals surface area contributed by atoms with E-state index in [0.717, 1.165) is 31.6 Å². The van der Waals surface area contributed by atoms with Crippen molar-refractivity contribution in [1.29, 1.82) is 0 Å². The highest BCUT2D eigenvalue weighted by Crippen LogP contribution is 2.20. The fourth-order valence-corrected chi connectivity index (χ4v) is 2.41. The zero-order valence-corrected chi connectivity index (χ0v) is 14.7. The predicted molar refractivity (Wildman–Crippen MR) is 91.5 cm³/mol. The SMILES string of the molecule is CC(NC(=O)c1ccccc1COC1CCOCC1)C(C)(C)C. The van der Waals surface area contributed by atoms with E-state index in [4.69, 9.17) is 9.47 Å². The van der Waals surface area contributed by atoms with E-state index in [1.807, 2.05) is 31.2 Å². The van der Waals surface area contributed by atoms with Crippen molar-refractivity contribution >= 4 is 5.91 Å². The average molecular weight is 319 g/mol. The number of amides is 1. The maximum Gasteiger partial charge on any atom is 0.251 e. The summed E-state index contributed by atoms with van der Waals surface area (Å²) in [6, 6.07) is 7.78. The molecule has 1 atom stereocenters. The second-order valence-electron chi connectivity index (χ2n) is 7.34. The summed E-state index contributed by atoms with van der Waals surface area (Å²) in [4.78, 5) is 12.6. The minimum Gasteiger partial charge on any atom is -0.381 e. The van der Waals surface area contributed by atoms with Crippen molar-refractivity contribution < 1.29 is 14.3 Å². The van der Waals surface area contributed by atoms with Gasteiger partial charge in [-0.05, 0) is 36.8 Å². The second-order valence-corrected chi connectivity index (χ2v) is 7.34. The van der Waals surface area contributed by atoms with E-state index in [-0.39, 0.29) is 23.5 Å². The molecule has 23 heavy (non-hydrogen) atoms. The molecule has 1 saturated heterocycles. The van der Waals surface area contributed by atoms with Gasteiger partial charge >= 0.3 is 0 Å². The quantitative estimate of drug-likeness (QED) is 0.903. The van der Waals surface area contributed by atoms with Gasteiger partial charge in [0.15, 0.2) is 0 Å². The maximum atomic E-state index is 12.6. The number of ether oxygens (including phenoxy) is 2. The molecule has 0 saturated carbocycles. The van der Waals surface area contributed by atoms with Gasteiger partial charge < -0.3 is 14.8 Å². The molecule has 4 nitrogen and oxygen atoms in total. The summed E-state index contributed by atoms with van der Waals surface area (Å²) in [6.07, 6.45) is 2.08. The molecule has 1 fully saturated rings. The van der Waals surface area contributed by atoms with Gasteiger partial charge in [-0.1, -0.05) is 39.0 Å². The molecule has 0 spiro atoms. The Kier molecular flexibility index (Phi) is 6.19. The lowest BCUT2D eigenvalue weighted by molar-refractivity contribution is -0.0392. The summed E-state index contributed by atoms with van der Waals surface area (Å²) >= 11 is 0. The van der Waals surface area contributed by atoms with Gasteiger partial charge in [-0.25, -0.2) is 0 Å². The number of hydrogen-bond donors (Lipinski definition) is 1. The third-order valence-electron chi connectivity index (χ3n) is 4.55. The van der Waals surface area contributed by atoms with Gasteiger partial charge in [-0.2, -0.15) is 0 Å². The smallest absolute Gasteiger partial charge is 0.251 e. The molecule has 1 heterocycles. The molecule has 128 valence electrons. The van der Waals surface area contributed by atoms with Crippen LogP contribution in [-0.2, 0) is 16.1 Å². The minimum absolute atomic E-state index is 0.0291. The third kappa shape index (κ3) is 5.33. The van der Waals surface area contributed by atoms with Crippen LogP contribution in [0.1, 0.15) is 56.5 Å². The van der Waals surface area contributed by atoms with E-state index in [1.54, 1.807) is 0 Å². The molecule has 4 heteroatoms. The van der Waals surface area contributed by atoms with Crippen LogP contribution in [0.25, 0.3) is 0 Å². The molecule has 0 radical (unpaired) electrons. The lowest BCUT2D eigenvalue weighted by Gasteiger charge is -2.28. The van der Waals surface area contributed by atoms with Gasteiger partial charge in [-0.3, -0.25) is 4.79 Å². The van der Waals surface area contributed by atoms with Gasteiger partial charge in [0.05, 0.1) is 12.7 Å². The van der Waals surface area contributed by atoms with Crippen LogP contribution < -0.4 is 5.32 Å². The topological polar surface area (TPSA) is 47.6 Å². The van der Waals surface area contributed by atoms with Crippen molar-refractivity contribution in [1.82, 2.24) is 5.32 Å². The largest absolute Gasteiger partial charge is 0.381 e. The molecule has 1 aromatic rings. The number of carbonyl (C=O) groups excluding carboxylic acids is 1. The molecule has 0 aliphatic carbocycles. The van der Waals surface area contributed by atoms with E-state index in [0.29, 0.717) is 12.2 Å². The molecule has 1 amide bonds. The van der Waals surface area contributed by atoms with Crippen LogP contribution in [0.5, 0.6) is 0 Å². The fraction of sp³-hybridized carbons (Fsp3) is 0.632. The highest BCUT2D eigenvalue weighted by atomic mass is 16.5. The summed E-state index contributed by atoms with van der Waals surface area (Å²) in [6.45, 7) is 10.4. The van der Waals surface area contributed by atoms with Crippen LogP contribution in [0.15, 0.2) is 24.3 Å². The molecule has 0 aromatic heterocycles. The Morgan fingerprint density at radius 1 is 1.30 bits per heavy atom. The first-order chi connectivity index (χ1) is 10.9. The van der Waals surface area contributed by atoms with Crippen molar-refractivity contribution in [2.24, 2.45) is 5.41 Å². The average Bonchev–Trinajstić information content (AvgIpc) is 2.53. The van der Waals surface area contributed by atoms with Crippen molar-refractivity contribution in [2.75, 3.05) is 13.2 Å². The molecule has 1 unspecified atom stereocenters. The summed E-state index contributed by atoms with van der Waals surface area (Å²) in [5.74, 6) is -0.0291. The molecule has 1 aliphatic heterocycles. The summed E-state index contributed by atoms with van der Waals surface area (Å²) in [7, 11) is 0. The molecule has 1 aliphatic rings. The first-order valence-corrected chi connectivity index (χ1v) is 8.46. The number of hydrogen-bond acceptors (Lipinski definition) is 3. The Labute approximate surface area is 139 Å². The summed E-state index contributed by atoms with van der Waals surface area (Å²) in [5.41, 5.74) is 1.68. The fourth-order valence-electron chi connectivity index (χ4n) is 2.41. The van der Waals surface area contributed by atoms with Crippen LogP contribution in [-0.4, -0.2) is 31.3 Å². The van der Waals surface area contributed by atoms with E-state index in [1.165, 1.54) is 0 Å². The lowest BCUT2D eigenvalue weighted by Crippen LogP contribution is -2.41. The predicted octanol–water partition coefficient (Wildman–Crippen LogP) is 3.55. The normalized spacial score (nSPS) is 17.7. The number of carbonyl (C=O) groups is 1. The van der Waals surface area contributed by atoms with Gasteiger partial charge in [0.25, 0.3) is 5.91 Å². The molecule has 1 N–H and O–H groups in total. The van der Waals surface area contributed by atoms with Gasteiger partial charge in [-0.15, -0.1) is 0 Å². The van der Waals surface area contributed by atoms with Crippen molar-refractivity contribution in [3.63, 3.8) is 0 Å². The number of benzene rings is 1. The Hall–Kier alpha value is -1.39. The lowest BCUT2D eigenvalue weighted by atomic mass is 9.88. The van der Waals surface area contributed by atoms with Gasteiger partial charge in [0.1, 0.15) is 0 Å². The van der Waals surface area contributed by atoms with Crippen LogP contribution in [0, 0.1) is 5.41 Å². The standard InChI is InChI=1S/C19H29NO3/c1-14(19(2,3)4)20-18(21)17-8-6-5-7-15(17)13-23-16-9-11-22-12-10-16/h5-8,14,16H,9-13H2,1-4H3,(H,20,21). The first kappa shape index (κ1) is 18.0. The Morgan fingerprint density at radius 3 is 2.61 bits per heavy atom. The van der Waals surface area contributed by atoms with Gasteiger partial charge in [0.2, 0.25) is 0 Å². The van der Waals surface area contributed by atoms with E-state index in [9.17, 15) is 4.79 Å². The van der Waals surface area contributed by atoms with Crippen LogP contribution >= 0.6 is 0 Å². The number of nitrogens with one attached hydrogen (secondary N) is 1. The monoisotopic (exact) mass is 319 g/mol. The molecular weight excluding hydrogens is 290 g/mol. The van der Waals surface area contributed by atoms with Crippen molar-refractivity contribution in [2.45, 2.75) is 59.3 Å². The van der Waals surface area contributed by atoms with Crippen molar-refractivity contribution in [3.8, 4) is 0 Å². The summed E-state index contributed by atoms with van der Waals surface area (Å²) < 4.78 is 11.3. The molecule has 2 rings (SSSR count). The van der Waals surface area contributed by atoms with Crippen molar-refractivity contribution in [3.05, 3.63) is 35.4 Å². The van der Waals surface area contributed by atoms with E-state index < -0.39 is 0 Å². The zero-order chi connectivity index (χ0) is 16.9. The van der Waals surface area contributed by atoms with Crippen LogP contribution in [0.2, 0.25) is 0 Å². The molecule has 0 bridgehead atoms. The first-order valence-electron chi connectivity index (χ1n) is 8.46. The zero-order valence-electron chi connectivity index (χ0n) is 14.7. The second kappa shape index (κ2) is 7.93. The van der Waals surface area contributed by atoms with E-state index >= 15 is 0 Å². The summed E-state index contributed by atoms with van der Waals surface area (Å²) in [5, 5.41) is 3.10. The number of rotatable bonds is 5. The van der Waals surface area contributed by atoms with Crippen LogP contribution in [0.4, 0.5) is 0 Å².